The van der Waals surface area contributed by atoms with E-state index in [9.17, 15) is 4.39 Å². The van der Waals surface area contributed by atoms with Crippen molar-refractivity contribution < 1.29 is 9.13 Å². The van der Waals surface area contributed by atoms with E-state index in [1.54, 1.807) is 10.7 Å². The highest BCUT2D eigenvalue weighted by Crippen LogP contribution is 2.24. The zero-order valence-corrected chi connectivity index (χ0v) is 12.0. The first-order valence-corrected chi connectivity index (χ1v) is 6.51. The van der Waals surface area contributed by atoms with Crippen molar-refractivity contribution >= 4 is 11.6 Å². The van der Waals surface area contributed by atoms with Crippen LogP contribution >= 0.6 is 11.6 Å². The number of rotatable bonds is 4. The normalized spacial score (nSPS) is 10.8. The minimum absolute atomic E-state index is 0.276. The maximum Gasteiger partial charge on any atom is 0.131 e. The van der Waals surface area contributed by atoms with Crippen molar-refractivity contribution in [2.24, 2.45) is 0 Å². The molecule has 0 spiro atoms. The van der Waals surface area contributed by atoms with E-state index in [0.717, 1.165) is 17.0 Å². The first-order valence-electron chi connectivity index (χ1n) is 6.13. The smallest absolute Gasteiger partial charge is 0.131 e. The number of hydrogen-bond donors (Lipinski definition) is 0. The molecule has 2 aromatic rings. The van der Waals surface area contributed by atoms with Gasteiger partial charge in [-0.2, -0.15) is 5.10 Å². The monoisotopic (exact) mass is 282 g/mol. The summed E-state index contributed by atoms with van der Waals surface area (Å²) in [4.78, 5) is 0. The van der Waals surface area contributed by atoms with E-state index in [2.05, 4.69) is 5.10 Å². The highest BCUT2D eigenvalue weighted by molar-refractivity contribution is 6.31. The zero-order valence-electron chi connectivity index (χ0n) is 11.2. The number of nitrogens with zero attached hydrogens (tertiary/aromatic N) is 2. The molecule has 0 bridgehead atoms. The summed E-state index contributed by atoms with van der Waals surface area (Å²) < 4.78 is 20.6. The van der Waals surface area contributed by atoms with Crippen molar-refractivity contribution in [3.8, 4) is 5.75 Å². The Morgan fingerprint density at radius 1 is 1.37 bits per heavy atom. The van der Waals surface area contributed by atoms with Crippen LogP contribution in [0.25, 0.3) is 0 Å². The van der Waals surface area contributed by atoms with E-state index in [1.807, 2.05) is 20.8 Å². The molecule has 0 unspecified atom stereocenters. The predicted octanol–water partition coefficient (Wildman–Crippen LogP) is 3.89. The molecule has 2 rings (SSSR count). The Bertz CT molecular complexity index is 595. The van der Waals surface area contributed by atoms with Crippen LogP contribution in [-0.4, -0.2) is 9.78 Å². The Morgan fingerprint density at radius 3 is 2.79 bits per heavy atom. The third-order valence-electron chi connectivity index (χ3n) is 2.97. The van der Waals surface area contributed by atoms with Crippen LogP contribution in [0.1, 0.15) is 23.9 Å². The Hall–Kier alpha value is -1.55. The van der Waals surface area contributed by atoms with Crippen LogP contribution in [0.3, 0.4) is 0 Å². The van der Waals surface area contributed by atoms with Gasteiger partial charge in [0.25, 0.3) is 0 Å². The summed E-state index contributed by atoms with van der Waals surface area (Å²) in [6, 6.07) is 4.48. The summed E-state index contributed by atoms with van der Waals surface area (Å²) in [6.07, 6.45) is 0. The fourth-order valence-corrected chi connectivity index (χ4v) is 2.07. The van der Waals surface area contributed by atoms with Crippen LogP contribution in [0.5, 0.6) is 5.75 Å². The van der Waals surface area contributed by atoms with Crippen LogP contribution in [0.4, 0.5) is 4.39 Å². The van der Waals surface area contributed by atoms with Gasteiger partial charge >= 0.3 is 0 Å². The molecule has 0 saturated heterocycles. The third kappa shape index (κ3) is 2.89. The second kappa shape index (κ2) is 5.61. The molecule has 0 aliphatic rings. The lowest BCUT2D eigenvalue weighted by Crippen LogP contribution is -2.07. The van der Waals surface area contributed by atoms with E-state index < -0.39 is 0 Å². The first kappa shape index (κ1) is 13.9. The molecule has 0 radical (unpaired) electrons. The molecule has 0 fully saturated rings. The molecular weight excluding hydrogens is 267 g/mol. The van der Waals surface area contributed by atoms with Crippen molar-refractivity contribution in [3.05, 3.63) is 46.0 Å². The topological polar surface area (TPSA) is 27.1 Å². The van der Waals surface area contributed by atoms with Crippen LogP contribution in [-0.2, 0) is 13.2 Å². The molecule has 0 N–H and O–H groups in total. The highest BCUT2D eigenvalue weighted by atomic mass is 35.5. The van der Waals surface area contributed by atoms with Crippen molar-refractivity contribution in [2.45, 2.75) is 33.9 Å². The van der Waals surface area contributed by atoms with Gasteiger partial charge in [-0.3, -0.25) is 4.68 Å². The lowest BCUT2D eigenvalue weighted by molar-refractivity contribution is 0.289. The Balaban J connectivity index is 2.21. The van der Waals surface area contributed by atoms with Gasteiger partial charge in [-0.1, -0.05) is 17.7 Å². The number of aromatic nitrogens is 2. The number of halogens is 2. The van der Waals surface area contributed by atoms with Gasteiger partial charge in [0.1, 0.15) is 18.2 Å². The quantitative estimate of drug-likeness (QED) is 0.851. The number of aryl methyl sites for hydroxylation is 3. The van der Waals surface area contributed by atoms with E-state index in [1.165, 1.54) is 12.1 Å². The van der Waals surface area contributed by atoms with E-state index in [4.69, 9.17) is 16.3 Å². The van der Waals surface area contributed by atoms with Crippen molar-refractivity contribution in [1.29, 1.82) is 0 Å². The molecule has 5 heteroatoms. The summed E-state index contributed by atoms with van der Waals surface area (Å²) in [5.41, 5.74) is 2.47. The zero-order chi connectivity index (χ0) is 14.0. The van der Waals surface area contributed by atoms with Gasteiger partial charge in [0.05, 0.1) is 16.4 Å². The second-order valence-corrected chi connectivity index (χ2v) is 4.74. The first-order chi connectivity index (χ1) is 9.02. The molecule has 0 aliphatic carbocycles. The molecular formula is C14H16ClFN2O. The summed E-state index contributed by atoms with van der Waals surface area (Å²) in [5.74, 6) is 0.212. The summed E-state index contributed by atoms with van der Waals surface area (Å²) in [6.45, 7) is 6.70. The van der Waals surface area contributed by atoms with Crippen LogP contribution < -0.4 is 4.74 Å². The molecule has 1 heterocycles. The van der Waals surface area contributed by atoms with Crippen LogP contribution in [0.15, 0.2) is 18.2 Å². The van der Waals surface area contributed by atoms with Gasteiger partial charge in [-0.15, -0.1) is 0 Å². The number of ether oxygens (including phenoxy) is 1. The predicted molar refractivity (Wildman–Crippen MR) is 73.1 cm³/mol. The lowest BCUT2D eigenvalue weighted by Gasteiger charge is -2.10. The number of hydrogen-bond acceptors (Lipinski definition) is 2. The highest BCUT2D eigenvalue weighted by Gasteiger charge is 2.13. The van der Waals surface area contributed by atoms with Gasteiger partial charge in [0.15, 0.2) is 0 Å². The van der Waals surface area contributed by atoms with Gasteiger partial charge in [-0.05, 0) is 32.4 Å². The van der Waals surface area contributed by atoms with Gasteiger partial charge < -0.3 is 4.74 Å². The minimum atomic E-state index is -0.313. The Morgan fingerprint density at radius 2 is 2.11 bits per heavy atom. The van der Waals surface area contributed by atoms with E-state index in [-0.39, 0.29) is 12.4 Å². The van der Waals surface area contributed by atoms with Gasteiger partial charge in [0, 0.05) is 12.6 Å². The average molecular weight is 283 g/mol. The van der Waals surface area contributed by atoms with E-state index in [0.29, 0.717) is 17.3 Å². The third-order valence-corrected chi connectivity index (χ3v) is 3.46. The summed E-state index contributed by atoms with van der Waals surface area (Å²) in [7, 11) is 0. The molecule has 1 aromatic carbocycles. The van der Waals surface area contributed by atoms with E-state index >= 15 is 0 Å². The number of benzene rings is 1. The lowest BCUT2D eigenvalue weighted by atomic mass is 10.2. The Labute approximate surface area is 117 Å². The molecule has 0 amide bonds. The molecule has 0 aliphatic heterocycles. The molecule has 0 atom stereocenters. The fraction of sp³-hybridized carbons (Fsp3) is 0.357. The second-order valence-electron chi connectivity index (χ2n) is 4.36. The maximum absolute atomic E-state index is 13.2. The summed E-state index contributed by atoms with van der Waals surface area (Å²) in [5, 5.41) is 4.92. The molecule has 0 saturated carbocycles. The molecule has 19 heavy (non-hydrogen) atoms. The van der Waals surface area contributed by atoms with Crippen molar-refractivity contribution in [2.75, 3.05) is 0 Å². The standard InChI is InChI=1S/C14H16ClFN2O/c1-4-18-12(14(15)10(3)17-18)8-19-13-7-11(16)6-5-9(13)2/h5-7H,4,8H2,1-3H3. The van der Waals surface area contributed by atoms with Crippen LogP contribution in [0.2, 0.25) is 5.02 Å². The molecule has 3 nitrogen and oxygen atoms in total. The Kier molecular flexibility index (Phi) is 4.10. The largest absolute Gasteiger partial charge is 0.487 e. The van der Waals surface area contributed by atoms with Crippen molar-refractivity contribution in [1.82, 2.24) is 9.78 Å². The summed E-state index contributed by atoms with van der Waals surface area (Å²) >= 11 is 6.19. The molecule has 1 aromatic heterocycles. The minimum Gasteiger partial charge on any atom is -0.487 e. The maximum atomic E-state index is 13.2. The molecule has 102 valence electrons. The SMILES string of the molecule is CCn1nc(C)c(Cl)c1COc1cc(F)ccc1C. The van der Waals surface area contributed by atoms with Crippen molar-refractivity contribution in [3.63, 3.8) is 0 Å². The van der Waals surface area contributed by atoms with Gasteiger partial charge in [-0.25, -0.2) is 4.39 Å². The average Bonchev–Trinajstić information content (AvgIpc) is 2.66. The van der Waals surface area contributed by atoms with Gasteiger partial charge in [0.2, 0.25) is 0 Å². The fourth-order valence-electron chi connectivity index (χ4n) is 1.88. The van der Waals surface area contributed by atoms with Crippen LogP contribution in [0, 0.1) is 19.7 Å².